The second kappa shape index (κ2) is 9.75. The van der Waals surface area contributed by atoms with Crippen LogP contribution in [0.5, 0.6) is 11.5 Å². The van der Waals surface area contributed by atoms with Crippen LogP contribution in [-0.2, 0) is 5.41 Å². The number of rotatable bonds is 7. The quantitative estimate of drug-likeness (QED) is 0.140. The van der Waals surface area contributed by atoms with Gasteiger partial charge in [0.25, 0.3) is 0 Å². The van der Waals surface area contributed by atoms with E-state index in [-0.39, 0.29) is 5.78 Å². The minimum Gasteiger partial charge on any atom is -0.497 e. The van der Waals surface area contributed by atoms with Gasteiger partial charge in [0.1, 0.15) is 11.5 Å². The SMILES string of the molecule is COc1ccc(C(C)(c2ccccc2)c2ccc(OC(=O)c3cccc(C(C)=O)c3)cc2)cc1. The van der Waals surface area contributed by atoms with E-state index in [1.165, 1.54) is 6.92 Å². The molecule has 34 heavy (non-hydrogen) atoms. The van der Waals surface area contributed by atoms with E-state index in [1.54, 1.807) is 43.5 Å². The Morgan fingerprint density at radius 1 is 0.647 bits per heavy atom. The third kappa shape index (κ3) is 4.62. The number of carbonyl (C=O) groups excluding carboxylic acids is 2. The van der Waals surface area contributed by atoms with Crippen LogP contribution in [0.3, 0.4) is 0 Å². The van der Waals surface area contributed by atoms with Crippen LogP contribution in [0.1, 0.15) is 51.3 Å². The molecule has 1 unspecified atom stereocenters. The maximum atomic E-state index is 12.6. The number of ether oxygens (including phenoxy) is 2. The molecule has 0 fully saturated rings. The fourth-order valence-corrected chi connectivity index (χ4v) is 4.08. The van der Waals surface area contributed by atoms with E-state index in [0.717, 1.165) is 22.4 Å². The average molecular weight is 451 g/mol. The van der Waals surface area contributed by atoms with Crippen molar-refractivity contribution in [1.82, 2.24) is 0 Å². The normalized spacial score (nSPS) is 12.4. The molecule has 4 aromatic rings. The molecule has 1 atom stereocenters. The number of hydrogen-bond donors (Lipinski definition) is 0. The van der Waals surface area contributed by atoms with Crippen molar-refractivity contribution in [2.45, 2.75) is 19.3 Å². The van der Waals surface area contributed by atoms with Gasteiger partial charge in [-0.2, -0.15) is 0 Å². The number of carbonyl (C=O) groups is 2. The first-order valence-corrected chi connectivity index (χ1v) is 11.1. The molecular formula is C30H26O4. The van der Waals surface area contributed by atoms with E-state index < -0.39 is 11.4 Å². The third-order valence-corrected chi connectivity index (χ3v) is 6.17. The Hall–Kier alpha value is -4.18. The fourth-order valence-electron chi connectivity index (χ4n) is 4.08. The Morgan fingerprint density at radius 3 is 1.74 bits per heavy atom. The van der Waals surface area contributed by atoms with E-state index in [1.807, 2.05) is 42.5 Å². The van der Waals surface area contributed by atoms with E-state index in [0.29, 0.717) is 16.9 Å². The summed E-state index contributed by atoms with van der Waals surface area (Å²) in [6.07, 6.45) is 0. The zero-order valence-corrected chi connectivity index (χ0v) is 19.4. The van der Waals surface area contributed by atoms with Crippen molar-refractivity contribution in [3.63, 3.8) is 0 Å². The number of esters is 1. The van der Waals surface area contributed by atoms with E-state index in [2.05, 4.69) is 31.2 Å². The van der Waals surface area contributed by atoms with E-state index >= 15 is 0 Å². The Labute approximate surface area is 199 Å². The van der Waals surface area contributed by atoms with Gasteiger partial charge in [-0.25, -0.2) is 4.79 Å². The van der Waals surface area contributed by atoms with Gasteiger partial charge in [0.05, 0.1) is 12.7 Å². The molecule has 4 heteroatoms. The van der Waals surface area contributed by atoms with Gasteiger partial charge in [-0.05, 0) is 66.9 Å². The predicted octanol–water partition coefficient (Wildman–Crippen LogP) is 6.47. The monoisotopic (exact) mass is 450 g/mol. The lowest BCUT2D eigenvalue weighted by atomic mass is 9.71. The molecule has 170 valence electrons. The summed E-state index contributed by atoms with van der Waals surface area (Å²) in [5.74, 6) is 0.636. The summed E-state index contributed by atoms with van der Waals surface area (Å²) >= 11 is 0. The Kier molecular flexibility index (Phi) is 6.60. The summed E-state index contributed by atoms with van der Waals surface area (Å²) in [6, 6.07) is 32.4. The van der Waals surface area contributed by atoms with Gasteiger partial charge in [0.2, 0.25) is 0 Å². The summed E-state index contributed by atoms with van der Waals surface area (Å²) in [7, 11) is 1.65. The number of methoxy groups -OCH3 is 1. The van der Waals surface area contributed by atoms with Gasteiger partial charge < -0.3 is 9.47 Å². The zero-order chi connectivity index (χ0) is 24.1. The van der Waals surface area contributed by atoms with Crippen LogP contribution in [0, 0.1) is 0 Å². The highest BCUT2D eigenvalue weighted by molar-refractivity contribution is 5.98. The molecule has 0 aromatic heterocycles. The molecule has 0 bridgehead atoms. The number of hydrogen-bond acceptors (Lipinski definition) is 4. The average Bonchev–Trinajstić information content (AvgIpc) is 2.89. The van der Waals surface area contributed by atoms with Crippen LogP contribution in [0.2, 0.25) is 0 Å². The van der Waals surface area contributed by atoms with Crippen LogP contribution < -0.4 is 9.47 Å². The molecular weight excluding hydrogens is 424 g/mol. The maximum Gasteiger partial charge on any atom is 0.343 e. The van der Waals surface area contributed by atoms with Gasteiger partial charge in [0, 0.05) is 11.0 Å². The first-order chi connectivity index (χ1) is 16.4. The van der Waals surface area contributed by atoms with Crippen LogP contribution in [0.25, 0.3) is 0 Å². The predicted molar refractivity (Wildman–Crippen MR) is 133 cm³/mol. The highest BCUT2D eigenvalue weighted by Gasteiger charge is 2.31. The number of Topliss-reactive ketones (excluding diaryl/α,β-unsaturated/α-hetero) is 1. The molecule has 4 nitrogen and oxygen atoms in total. The van der Waals surface area contributed by atoms with Crippen molar-refractivity contribution >= 4 is 11.8 Å². The second-order valence-electron chi connectivity index (χ2n) is 8.27. The van der Waals surface area contributed by atoms with Crippen LogP contribution >= 0.6 is 0 Å². The van der Waals surface area contributed by atoms with Crippen molar-refractivity contribution in [3.05, 3.63) is 131 Å². The maximum absolute atomic E-state index is 12.6. The van der Waals surface area contributed by atoms with Gasteiger partial charge in [-0.1, -0.05) is 66.7 Å². The number of ketones is 1. The van der Waals surface area contributed by atoms with Crippen molar-refractivity contribution in [2.75, 3.05) is 7.11 Å². The molecule has 0 heterocycles. The third-order valence-electron chi connectivity index (χ3n) is 6.17. The topological polar surface area (TPSA) is 52.6 Å². The summed E-state index contributed by atoms with van der Waals surface area (Å²) < 4.78 is 10.9. The molecule has 0 aliphatic heterocycles. The Balaban J connectivity index is 1.65. The molecule has 0 amide bonds. The van der Waals surface area contributed by atoms with Crippen molar-refractivity contribution < 1.29 is 19.1 Å². The van der Waals surface area contributed by atoms with Crippen molar-refractivity contribution in [1.29, 1.82) is 0 Å². The first kappa shape index (κ1) is 23.0. The largest absolute Gasteiger partial charge is 0.497 e. The minimum atomic E-state index is -0.503. The molecule has 0 spiro atoms. The lowest BCUT2D eigenvalue weighted by Gasteiger charge is -2.32. The Morgan fingerprint density at radius 2 is 1.18 bits per heavy atom. The van der Waals surface area contributed by atoms with Gasteiger partial charge in [0.15, 0.2) is 5.78 Å². The van der Waals surface area contributed by atoms with Crippen molar-refractivity contribution in [3.8, 4) is 11.5 Å². The van der Waals surface area contributed by atoms with Crippen LogP contribution in [0.4, 0.5) is 0 Å². The summed E-state index contributed by atoms with van der Waals surface area (Å²) in [5, 5.41) is 0. The molecule has 4 rings (SSSR count). The smallest absolute Gasteiger partial charge is 0.343 e. The molecule has 0 aliphatic carbocycles. The molecule has 0 N–H and O–H groups in total. The molecule has 0 radical (unpaired) electrons. The lowest BCUT2D eigenvalue weighted by molar-refractivity contribution is 0.0734. The van der Waals surface area contributed by atoms with Crippen LogP contribution in [-0.4, -0.2) is 18.9 Å². The van der Waals surface area contributed by atoms with Crippen molar-refractivity contribution in [2.24, 2.45) is 0 Å². The zero-order valence-electron chi connectivity index (χ0n) is 19.4. The molecule has 0 aliphatic rings. The van der Waals surface area contributed by atoms with E-state index in [4.69, 9.17) is 9.47 Å². The first-order valence-electron chi connectivity index (χ1n) is 11.1. The minimum absolute atomic E-state index is 0.0993. The summed E-state index contributed by atoms with van der Waals surface area (Å²) in [6.45, 7) is 3.65. The van der Waals surface area contributed by atoms with Gasteiger partial charge in [-0.15, -0.1) is 0 Å². The van der Waals surface area contributed by atoms with Gasteiger partial charge in [-0.3, -0.25) is 4.79 Å². The summed E-state index contributed by atoms with van der Waals surface area (Å²) in [5.41, 5.74) is 3.71. The number of benzene rings is 4. The van der Waals surface area contributed by atoms with E-state index in [9.17, 15) is 9.59 Å². The highest BCUT2D eigenvalue weighted by Crippen LogP contribution is 2.39. The summed E-state index contributed by atoms with van der Waals surface area (Å²) in [4.78, 5) is 24.2. The molecule has 4 aromatic carbocycles. The Bertz CT molecular complexity index is 1290. The highest BCUT2D eigenvalue weighted by atomic mass is 16.5. The lowest BCUT2D eigenvalue weighted by Crippen LogP contribution is -2.25. The second-order valence-corrected chi connectivity index (χ2v) is 8.27. The standard InChI is InChI=1S/C30H26O4/c1-21(31)22-8-7-9-23(20-22)29(32)34-28-18-14-26(15-19-28)30(2,24-10-5-4-6-11-24)25-12-16-27(33-3)17-13-25/h4-20H,1-3H3. The molecule has 0 saturated carbocycles. The molecule has 0 saturated heterocycles. The van der Waals surface area contributed by atoms with Gasteiger partial charge >= 0.3 is 5.97 Å². The fraction of sp³-hybridized carbons (Fsp3) is 0.133. The van der Waals surface area contributed by atoms with Crippen LogP contribution in [0.15, 0.2) is 103 Å².